The van der Waals surface area contributed by atoms with E-state index in [2.05, 4.69) is 0 Å². The number of carboxylic acid groups (broad SMARTS) is 1. The molecule has 18 heavy (non-hydrogen) atoms. The van der Waals surface area contributed by atoms with Crippen LogP contribution in [0, 0.1) is 6.92 Å². The standard InChI is InChI=1S/C14H11ClO3/c1-9-5-6-13(12(7-9)14(16)17)18-11-4-2-3-10(15)8-11/h2-8H,1H3,(H,16,17). The molecule has 4 heteroatoms. The zero-order valence-corrected chi connectivity index (χ0v) is 10.4. The Bertz CT molecular complexity index is 593. The van der Waals surface area contributed by atoms with Crippen LogP contribution in [-0.2, 0) is 0 Å². The lowest BCUT2D eigenvalue weighted by Gasteiger charge is -2.09. The SMILES string of the molecule is Cc1ccc(Oc2cccc(Cl)c2)c(C(=O)O)c1. The van der Waals surface area contributed by atoms with Crippen LogP contribution in [0.15, 0.2) is 42.5 Å². The van der Waals surface area contributed by atoms with E-state index >= 15 is 0 Å². The molecule has 0 bridgehead atoms. The van der Waals surface area contributed by atoms with Crippen LogP contribution in [0.25, 0.3) is 0 Å². The molecule has 0 heterocycles. The van der Waals surface area contributed by atoms with Gasteiger partial charge >= 0.3 is 5.97 Å². The minimum atomic E-state index is -1.02. The first-order valence-corrected chi connectivity index (χ1v) is 5.71. The Kier molecular flexibility index (Phi) is 3.53. The van der Waals surface area contributed by atoms with Gasteiger partial charge in [0, 0.05) is 5.02 Å². The zero-order chi connectivity index (χ0) is 13.1. The maximum atomic E-state index is 11.1. The van der Waals surface area contributed by atoms with Gasteiger partial charge < -0.3 is 9.84 Å². The highest BCUT2D eigenvalue weighted by Crippen LogP contribution is 2.27. The third-order valence-electron chi connectivity index (χ3n) is 2.39. The molecule has 2 aromatic carbocycles. The summed E-state index contributed by atoms with van der Waals surface area (Å²) in [7, 11) is 0. The summed E-state index contributed by atoms with van der Waals surface area (Å²) in [6.07, 6.45) is 0. The molecule has 3 nitrogen and oxygen atoms in total. The number of aromatic carboxylic acids is 1. The molecule has 92 valence electrons. The topological polar surface area (TPSA) is 46.5 Å². The second kappa shape index (κ2) is 5.10. The van der Waals surface area contributed by atoms with E-state index in [1.54, 1.807) is 42.5 Å². The van der Waals surface area contributed by atoms with Gasteiger partial charge in [-0.3, -0.25) is 0 Å². The first kappa shape index (κ1) is 12.5. The number of aryl methyl sites for hydroxylation is 1. The molecule has 0 atom stereocenters. The summed E-state index contributed by atoms with van der Waals surface area (Å²) in [5.41, 5.74) is 1.00. The highest BCUT2D eigenvalue weighted by Gasteiger charge is 2.12. The predicted molar refractivity (Wildman–Crippen MR) is 69.7 cm³/mol. The fourth-order valence-corrected chi connectivity index (χ4v) is 1.74. The van der Waals surface area contributed by atoms with Gasteiger partial charge in [-0.2, -0.15) is 0 Å². The van der Waals surface area contributed by atoms with Crippen LogP contribution in [0.5, 0.6) is 11.5 Å². The molecule has 1 N–H and O–H groups in total. The highest BCUT2D eigenvalue weighted by molar-refractivity contribution is 6.30. The zero-order valence-electron chi connectivity index (χ0n) is 9.68. The van der Waals surface area contributed by atoms with Crippen LogP contribution in [0.1, 0.15) is 15.9 Å². The Hall–Kier alpha value is -2.00. The molecule has 0 amide bonds. The molecule has 0 saturated carbocycles. The Morgan fingerprint density at radius 3 is 2.67 bits per heavy atom. The van der Waals surface area contributed by atoms with Crippen molar-refractivity contribution in [1.82, 2.24) is 0 Å². The average molecular weight is 263 g/mol. The molecular formula is C14H11ClO3. The van der Waals surface area contributed by atoms with Crippen molar-refractivity contribution in [3.8, 4) is 11.5 Å². The van der Waals surface area contributed by atoms with Crippen LogP contribution >= 0.6 is 11.6 Å². The number of hydrogen-bond donors (Lipinski definition) is 1. The molecule has 0 aliphatic carbocycles. The van der Waals surface area contributed by atoms with Gasteiger partial charge in [0.1, 0.15) is 17.1 Å². The van der Waals surface area contributed by atoms with Crippen molar-refractivity contribution in [1.29, 1.82) is 0 Å². The van der Waals surface area contributed by atoms with E-state index < -0.39 is 5.97 Å². The van der Waals surface area contributed by atoms with Gasteiger partial charge in [-0.25, -0.2) is 4.79 Å². The van der Waals surface area contributed by atoms with Crippen molar-refractivity contribution in [3.63, 3.8) is 0 Å². The van der Waals surface area contributed by atoms with E-state index in [0.717, 1.165) is 5.56 Å². The fourth-order valence-electron chi connectivity index (χ4n) is 1.56. The van der Waals surface area contributed by atoms with Gasteiger partial charge in [0.2, 0.25) is 0 Å². The molecule has 0 aliphatic heterocycles. The van der Waals surface area contributed by atoms with Crippen LogP contribution in [0.2, 0.25) is 5.02 Å². The number of halogens is 1. The van der Waals surface area contributed by atoms with Crippen molar-refractivity contribution >= 4 is 17.6 Å². The minimum Gasteiger partial charge on any atom is -0.478 e. The molecule has 0 fully saturated rings. The molecule has 0 saturated heterocycles. The summed E-state index contributed by atoms with van der Waals surface area (Å²) in [4.78, 5) is 11.1. The molecule has 0 radical (unpaired) electrons. The predicted octanol–water partition coefficient (Wildman–Crippen LogP) is 4.14. The van der Waals surface area contributed by atoms with Crippen LogP contribution in [0.3, 0.4) is 0 Å². The quantitative estimate of drug-likeness (QED) is 0.904. The summed E-state index contributed by atoms with van der Waals surface area (Å²) in [5.74, 6) is -0.208. The lowest BCUT2D eigenvalue weighted by Crippen LogP contribution is -2.00. The van der Waals surface area contributed by atoms with E-state index in [1.807, 2.05) is 6.92 Å². The molecule has 2 rings (SSSR count). The first-order valence-electron chi connectivity index (χ1n) is 5.33. The van der Waals surface area contributed by atoms with Crippen molar-refractivity contribution in [2.24, 2.45) is 0 Å². The molecule has 0 aliphatic rings. The van der Waals surface area contributed by atoms with Crippen molar-refractivity contribution < 1.29 is 14.6 Å². The maximum Gasteiger partial charge on any atom is 0.339 e. The third-order valence-corrected chi connectivity index (χ3v) is 2.62. The van der Waals surface area contributed by atoms with Crippen molar-refractivity contribution in [2.75, 3.05) is 0 Å². The molecule has 0 unspecified atom stereocenters. The maximum absolute atomic E-state index is 11.1. The second-order valence-corrected chi connectivity index (χ2v) is 4.30. The largest absolute Gasteiger partial charge is 0.478 e. The Morgan fingerprint density at radius 2 is 2.00 bits per heavy atom. The lowest BCUT2D eigenvalue weighted by molar-refractivity contribution is 0.0694. The number of benzene rings is 2. The molecule has 2 aromatic rings. The summed E-state index contributed by atoms with van der Waals surface area (Å²) >= 11 is 5.84. The third kappa shape index (κ3) is 2.81. The number of hydrogen-bond acceptors (Lipinski definition) is 2. The monoisotopic (exact) mass is 262 g/mol. The second-order valence-electron chi connectivity index (χ2n) is 3.86. The number of ether oxygens (including phenoxy) is 1. The smallest absolute Gasteiger partial charge is 0.339 e. The Balaban J connectivity index is 2.37. The Labute approximate surface area is 110 Å². The number of rotatable bonds is 3. The number of carbonyl (C=O) groups is 1. The van der Waals surface area contributed by atoms with E-state index in [9.17, 15) is 4.79 Å². The van der Waals surface area contributed by atoms with Gasteiger partial charge in [-0.05, 0) is 37.3 Å². The normalized spacial score (nSPS) is 10.1. The minimum absolute atomic E-state index is 0.134. The molecule has 0 aromatic heterocycles. The van der Waals surface area contributed by atoms with E-state index in [0.29, 0.717) is 16.5 Å². The van der Waals surface area contributed by atoms with Gasteiger partial charge in [-0.15, -0.1) is 0 Å². The van der Waals surface area contributed by atoms with Crippen LogP contribution in [-0.4, -0.2) is 11.1 Å². The van der Waals surface area contributed by atoms with Gasteiger partial charge in [0.25, 0.3) is 0 Å². The first-order chi connectivity index (χ1) is 8.56. The summed E-state index contributed by atoms with van der Waals surface area (Å²) in [6.45, 7) is 1.83. The Morgan fingerprint density at radius 1 is 1.22 bits per heavy atom. The van der Waals surface area contributed by atoms with Gasteiger partial charge in [0.05, 0.1) is 0 Å². The van der Waals surface area contributed by atoms with Crippen molar-refractivity contribution in [2.45, 2.75) is 6.92 Å². The van der Waals surface area contributed by atoms with Crippen LogP contribution < -0.4 is 4.74 Å². The fraction of sp³-hybridized carbons (Fsp3) is 0.0714. The highest BCUT2D eigenvalue weighted by atomic mass is 35.5. The van der Waals surface area contributed by atoms with Gasteiger partial charge in [0.15, 0.2) is 0 Å². The average Bonchev–Trinajstić information content (AvgIpc) is 2.31. The van der Waals surface area contributed by atoms with Gasteiger partial charge in [-0.1, -0.05) is 29.3 Å². The summed E-state index contributed by atoms with van der Waals surface area (Å²) < 4.78 is 5.54. The molecular weight excluding hydrogens is 252 g/mol. The molecule has 0 spiro atoms. The van der Waals surface area contributed by atoms with Crippen LogP contribution in [0.4, 0.5) is 0 Å². The van der Waals surface area contributed by atoms with E-state index in [-0.39, 0.29) is 5.56 Å². The number of carboxylic acids is 1. The summed E-state index contributed by atoms with van der Waals surface area (Å²) in [6, 6.07) is 11.8. The van der Waals surface area contributed by atoms with E-state index in [1.165, 1.54) is 0 Å². The van der Waals surface area contributed by atoms with Crippen molar-refractivity contribution in [3.05, 3.63) is 58.6 Å². The summed E-state index contributed by atoms with van der Waals surface area (Å²) in [5, 5.41) is 9.66. The van der Waals surface area contributed by atoms with E-state index in [4.69, 9.17) is 21.4 Å². The lowest BCUT2D eigenvalue weighted by atomic mass is 10.1.